The molecule has 0 spiro atoms. The lowest BCUT2D eigenvalue weighted by molar-refractivity contribution is 0.357. The molecule has 1 aliphatic rings. The summed E-state index contributed by atoms with van der Waals surface area (Å²) in [5.74, 6) is 0.786. The molecule has 1 saturated carbocycles. The monoisotopic (exact) mass is 312 g/mol. The fraction of sp³-hybridized carbons (Fsp3) is 0.600. The van der Waals surface area contributed by atoms with Crippen molar-refractivity contribution >= 4 is 15.7 Å². The lowest BCUT2D eigenvalue weighted by atomic mass is 9.93. The van der Waals surface area contributed by atoms with Crippen molar-refractivity contribution in [1.29, 1.82) is 0 Å². The minimum Gasteiger partial charge on any atom is -0.495 e. The van der Waals surface area contributed by atoms with E-state index < -0.39 is 10.0 Å². The van der Waals surface area contributed by atoms with Crippen molar-refractivity contribution in [3.05, 3.63) is 17.7 Å². The Labute approximate surface area is 126 Å². The van der Waals surface area contributed by atoms with Crippen LogP contribution in [0.15, 0.2) is 17.0 Å². The third kappa shape index (κ3) is 3.16. The van der Waals surface area contributed by atoms with Crippen molar-refractivity contribution in [2.24, 2.45) is 11.3 Å². The average molecular weight is 312 g/mol. The smallest absolute Gasteiger partial charge is 0.244 e. The highest BCUT2D eigenvalue weighted by Crippen LogP contribution is 2.51. The molecule has 0 heterocycles. The molecule has 5 nitrogen and oxygen atoms in total. The number of nitrogens with one attached hydrogen (secondary N) is 1. The summed E-state index contributed by atoms with van der Waals surface area (Å²) in [4.78, 5) is 0.104. The van der Waals surface area contributed by atoms with Crippen LogP contribution in [-0.2, 0) is 10.0 Å². The van der Waals surface area contributed by atoms with Crippen LogP contribution in [0, 0.1) is 18.3 Å². The third-order valence-corrected chi connectivity index (χ3v) is 6.00. The Morgan fingerprint density at radius 2 is 2.00 bits per heavy atom. The molecule has 0 radical (unpaired) electrons. The molecule has 0 bridgehead atoms. The number of sulfonamides is 1. The molecular formula is C15H24N2O3S. The minimum absolute atomic E-state index is 0.104. The Morgan fingerprint density at radius 3 is 2.48 bits per heavy atom. The number of anilines is 1. The van der Waals surface area contributed by atoms with Crippen molar-refractivity contribution in [2.45, 2.75) is 38.5 Å². The number of benzene rings is 1. The third-order valence-electron chi connectivity index (χ3n) is 4.57. The van der Waals surface area contributed by atoms with Crippen molar-refractivity contribution < 1.29 is 13.2 Å². The number of nitrogen functional groups attached to an aromatic ring is 1. The van der Waals surface area contributed by atoms with Crippen LogP contribution < -0.4 is 15.2 Å². The molecule has 6 heteroatoms. The van der Waals surface area contributed by atoms with Crippen LogP contribution in [-0.4, -0.2) is 22.1 Å². The highest BCUT2D eigenvalue weighted by Gasteiger charge is 2.45. The summed E-state index contributed by atoms with van der Waals surface area (Å²) in [5, 5.41) is 0. The number of ether oxygens (including phenoxy) is 1. The number of rotatable bonds is 6. The van der Waals surface area contributed by atoms with Gasteiger partial charge in [-0.25, -0.2) is 13.1 Å². The first kappa shape index (κ1) is 16.1. The summed E-state index contributed by atoms with van der Waals surface area (Å²) in [5.41, 5.74) is 7.19. The Kier molecular flexibility index (Phi) is 4.22. The van der Waals surface area contributed by atoms with E-state index in [0.29, 0.717) is 23.9 Å². The lowest BCUT2D eigenvalue weighted by Gasteiger charge is -2.20. The summed E-state index contributed by atoms with van der Waals surface area (Å²) in [6, 6.07) is 3.12. The van der Waals surface area contributed by atoms with Gasteiger partial charge in [0, 0.05) is 12.2 Å². The second-order valence-corrected chi connectivity index (χ2v) is 7.94. The molecule has 0 amide bonds. The van der Waals surface area contributed by atoms with Gasteiger partial charge in [-0.2, -0.15) is 0 Å². The molecule has 3 N–H and O–H groups in total. The number of hydrogen-bond donors (Lipinski definition) is 2. The van der Waals surface area contributed by atoms with Gasteiger partial charge in [0.05, 0.1) is 7.11 Å². The van der Waals surface area contributed by atoms with Gasteiger partial charge in [-0.05, 0) is 48.8 Å². The van der Waals surface area contributed by atoms with Crippen LogP contribution in [0.4, 0.5) is 5.69 Å². The second-order valence-electron chi connectivity index (χ2n) is 6.20. The molecule has 21 heavy (non-hydrogen) atoms. The van der Waals surface area contributed by atoms with Crippen LogP contribution in [0.2, 0.25) is 0 Å². The molecule has 0 atom stereocenters. The summed E-state index contributed by atoms with van der Waals surface area (Å²) in [7, 11) is -2.17. The SMILES string of the molecule is COc1cc(C)c(N)cc1S(=O)(=O)NCC1(C(C)C)CC1. The number of hydrogen-bond acceptors (Lipinski definition) is 4. The highest BCUT2D eigenvalue weighted by atomic mass is 32.2. The van der Waals surface area contributed by atoms with Crippen LogP contribution in [0.3, 0.4) is 0 Å². The Bertz CT molecular complexity index is 635. The predicted molar refractivity (Wildman–Crippen MR) is 83.8 cm³/mol. The summed E-state index contributed by atoms with van der Waals surface area (Å²) in [6.07, 6.45) is 2.14. The number of methoxy groups -OCH3 is 1. The lowest BCUT2D eigenvalue weighted by Crippen LogP contribution is -2.32. The molecule has 118 valence electrons. The van der Waals surface area contributed by atoms with E-state index in [1.165, 1.54) is 13.2 Å². The maximum atomic E-state index is 12.5. The van der Waals surface area contributed by atoms with Gasteiger partial charge in [0.1, 0.15) is 10.6 Å². The quantitative estimate of drug-likeness (QED) is 0.790. The van der Waals surface area contributed by atoms with Crippen LogP contribution in [0.5, 0.6) is 5.75 Å². The number of nitrogens with two attached hydrogens (primary N) is 1. The summed E-state index contributed by atoms with van der Waals surface area (Å²) < 4.78 is 33.0. The van der Waals surface area contributed by atoms with Crippen molar-refractivity contribution in [1.82, 2.24) is 4.72 Å². The molecule has 0 aliphatic heterocycles. The van der Waals surface area contributed by atoms with Gasteiger partial charge < -0.3 is 10.5 Å². The normalized spacial score (nSPS) is 17.0. The van der Waals surface area contributed by atoms with Crippen molar-refractivity contribution in [2.75, 3.05) is 19.4 Å². The van der Waals surface area contributed by atoms with Gasteiger partial charge in [-0.15, -0.1) is 0 Å². The van der Waals surface area contributed by atoms with Gasteiger partial charge in [0.2, 0.25) is 10.0 Å². The minimum atomic E-state index is -3.62. The zero-order chi connectivity index (χ0) is 15.8. The van der Waals surface area contributed by atoms with Crippen LogP contribution >= 0.6 is 0 Å². The van der Waals surface area contributed by atoms with Gasteiger partial charge in [0.15, 0.2) is 0 Å². The molecule has 2 rings (SSSR count). The summed E-state index contributed by atoms with van der Waals surface area (Å²) >= 11 is 0. The van der Waals surface area contributed by atoms with E-state index in [-0.39, 0.29) is 10.3 Å². The topological polar surface area (TPSA) is 81.4 Å². The first-order valence-corrected chi connectivity index (χ1v) is 8.64. The fourth-order valence-corrected chi connectivity index (χ4v) is 3.80. The maximum Gasteiger partial charge on any atom is 0.244 e. The molecule has 1 fully saturated rings. The van der Waals surface area contributed by atoms with E-state index in [4.69, 9.17) is 10.5 Å². The van der Waals surface area contributed by atoms with Crippen LogP contribution in [0.25, 0.3) is 0 Å². The van der Waals surface area contributed by atoms with E-state index >= 15 is 0 Å². The first-order chi connectivity index (χ1) is 9.72. The van der Waals surface area contributed by atoms with E-state index in [1.54, 1.807) is 6.07 Å². The van der Waals surface area contributed by atoms with E-state index in [1.807, 2.05) is 6.92 Å². The van der Waals surface area contributed by atoms with Gasteiger partial charge >= 0.3 is 0 Å². The summed E-state index contributed by atoms with van der Waals surface area (Å²) in [6.45, 7) is 6.54. The van der Waals surface area contributed by atoms with E-state index in [9.17, 15) is 8.42 Å². The zero-order valence-electron chi connectivity index (χ0n) is 13.1. The fourth-order valence-electron chi connectivity index (χ4n) is 2.48. The van der Waals surface area contributed by atoms with E-state index in [0.717, 1.165) is 18.4 Å². The molecular weight excluding hydrogens is 288 g/mol. The first-order valence-electron chi connectivity index (χ1n) is 7.15. The standard InChI is InChI=1S/C15H24N2O3S/c1-10(2)15(5-6-15)9-17-21(18,19)14-8-12(16)11(3)7-13(14)20-4/h7-8,10,17H,5-6,9,16H2,1-4H3. The number of aryl methyl sites for hydroxylation is 1. The van der Waals surface area contributed by atoms with Crippen molar-refractivity contribution in [3.8, 4) is 5.75 Å². The molecule has 1 aromatic rings. The molecule has 0 unspecified atom stereocenters. The van der Waals surface area contributed by atoms with Crippen LogP contribution in [0.1, 0.15) is 32.3 Å². The largest absolute Gasteiger partial charge is 0.495 e. The predicted octanol–water partition coefficient (Wildman–Crippen LogP) is 2.30. The maximum absolute atomic E-state index is 12.5. The molecule has 1 aliphatic carbocycles. The molecule has 1 aromatic carbocycles. The van der Waals surface area contributed by atoms with Gasteiger partial charge in [-0.3, -0.25) is 0 Å². The molecule has 0 aromatic heterocycles. The van der Waals surface area contributed by atoms with Gasteiger partial charge in [0.25, 0.3) is 0 Å². The Hall–Kier alpha value is -1.27. The van der Waals surface area contributed by atoms with Gasteiger partial charge in [-0.1, -0.05) is 13.8 Å². The Morgan fingerprint density at radius 1 is 1.38 bits per heavy atom. The zero-order valence-corrected chi connectivity index (χ0v) is 13.9. The Balaban J connectivity index is 2.26. The second kappa shape index (κ2) is 5.50. The average Bonchev–Trinajstić information content (AvgIpc) is 3.20. The highest BCUT2D eigenvalue weighted by molar-refractivity contribution is 7.89. The van der Waals surface area contributed by atoms with E-state index in [2.05, 4.69) is 18.6 Å². The van der Waals surface area contributed by atoms with Crippen molar-refractivity contribution in [3.63, 3.8) is 0 Å². The molecule has 0 saturated heterocycles.